The summed E-state index contributed by atoms with van der Waals surface area (Å²) < 4.78 is 5.46. The molecule has 2 N–H and O–H groups in total. The number of aromatic nitrogens is 3. The predicted octanol–water partition coefficient (Wildman–Crippen LogP) is 3.95. The third-order valence-electron chi connectivity index (χ3n) is 3.18. The number of aryl methyl sites for hydroxylation is 1. The molecule has 0 aliphatic carbocycles. The van der Waals surface area contributed by atoms with Crippen molar-refractivity contribution in [1.82, 2.24) is 15.0 Å². The molecule has 0 radical (unpaired) electrons. The van der Waals surface area contributed by atoms with Crippen LogP contribution in [-0.2, 0) is 0 Å². The number of H-pyrrole nitrogens is 1. The van der Waals surface area contributed by atoms with Gasteiger partial charge in [0.25, 0.3) is 0 Å². The van der Waals surface area contributed by atoms with Crippen molar-refractivity contribution in [3.63, 3.8) is 0 Å². The maximum absolute atomic E-state index is 10.3. The molecule has 2 aromatic heterocycles. The number of phenolic OH excluding ortho intramolecular Hbond substituents is 1. The molecule has 0 aliphatic heterocycles. The Morgan fingerprint density at radius 2 is 2.14 bits per heavy atom. The molecule has 112 valence electrons. The van der Waals surface area contributed by atoms with Gasteiger partial charge in [-0.25, -0.2) is 9.97 Å². The lowest BCUT2D eigenvalue weighted by molar-refractivity contribution is 0.408. The van der Waals surface area contributed by atoms with Crippen LogP contribution in [-0.4, -0.2) is 27.2 Å². The Hall–Kier alpha value is -2.25. The molecule has 0 saturated carbocycles. The van der Waals surface area contributed by atoms with Gasteiger partial charge >= 0.3 is 0 Å². The third-order valence-corrected chi connectivity index (χ3v) is 4.16. The van der Waals surface area contributed by atoms with Crippen LogP contribution in [0, 0.1) is 11.7 Å². The monoisotopic (exact) mass is 331 g/mol. The molecule has 0 saturated heterocycles. The topological polar surface area (TPSA) is 71.0 Å². The minimum absolute atomic E-state index is 0.101. The van der Waals surface area contributed by atoms with E-state index in [9.17, 15) is 5.11 Å². The number of aromatic amines is 1. The Bertz CT molecular complexity index is 886. The Kier molecular flexibility index (Phi) is 3.91. The normalized spacial score (nSPS) is 10.6. The van der Waals surface area contributed by atoms with Gasteiger partial charge in [-0.3, -0.25) is 0 Å². The van der Waals surface area contributed by atoms with E-state index >= 15 is 0 Å². The summed E-state index contributed by atoms with van der Waals surface area (Å²) >= 11 is 6.67. The average Bonchev–Trinajstić information content (AvgIpc) is 2.93. The summed E-state index contributed by atoms with van der Waals surface area (Å²) in [5.74, 6) is 0.685. The highest BCUT2D eigenvalue weighted by Gasteiger charge is 2.15. The first-order valence-corrected chi connectivity index (χ1v) is 7.76. The van der Waals surface area contributed by atoms with Crippen molar-refractivity contribution in [2.24, 2.45) is 0 Å². The number of nitrogens with one attached hydrogen (secondary N) is 1. The highest BCUT2D eigenvalue weighted by molar-refractivity contribution is 7.71. The van der Waals surface area contributed by atoms with E-state index in [4.69, 9.17) is 17.0 Å². The molecule has 0 bridgehead atoms. The Balaban J connectivity index is 2.22. The largest absolute Gasteiger partial charge is 0.507 e. The molecule has 5 nitrogen and oxygen atoms in total. The average molecular weight is 331 g/mol. The quantitative estimate of drug-likeness (QED) is 0.711. The highest BCUT2D eigenvalue weighted by Crippen LogP contribution is 2.36. The first kappa shape index (κ1) is 14.7. The van der Waals surface area contributed by atoms with E-state index in [1.54, 1.807) is 42.8 Å². The zero-order chi connectivity index (χ0) is 15.7. The van der Waals surface area contributed by atoms with Crippen LogP contribution >= 0.6 is 23.6 Å². The molecule has 0 amide bonds. The number of phenols is 1. The van der Waals surface area contributed by atoms with Crippen LogP contribution in [0.1, 0.15) is 5.01 Å². The van der Waals surface area contributed by atoms with Gasteiger partial charge in [0.15, 0.2) is 4.77 Å². The first-order valence-electron chi connectivity index (χ1n) is 6.47. The number of rotatable bonds is 3. The lowest BCUT2D eigenvalue weighted by Crippen LogP contribution is -1.94. The van der Waals surface area contributed by atoms with Crippen LogP contribution in [0.3, 0.4) is 0 Å². The molecule has 0 fully saturated rings. The Labute approximate surface area is 136 Å². The van der Waals surface area contributed by atoms with E-state index in [1.807, 2.05) is 12.3 Å². The number of ether oxygens (including phenoxy) is 1. The fraction of sp³-hybridized carbons (Fsp3) is 0.133. The fourth-order valence-corrected chi connectivity index (χ4v) is 2.91. The third kappa shape index (κ3) is 2.72. The van der Waals surface area contributed by atoms with Crippen molar-refractivity contribution in [1.29, 1.82) is 0 Å². The zero-order valence-electron chi connectivity index (χ0n) is 12.0. The van der Waals surface area contributed by atoms with Crippen molar-refractivity contribution in [3.8, 4) is 34.0 Å². The standard InChI is InChI=1S/C15H13N3O2S2/c1-8-17-12(7-22-8)11-6-16-15(21)18-14(11)10-4-3-9(20-2)5-13(10)19/h3-7,19H,1-2H3,(H,16,18,21). The van der Waals surface area contributed by atoms with Crippen molar-refractivity contribution in [2.75, 3.05) is 7.11 Å². The minimum atomic E-state index is 0.101. The lowest BCUT2D eigenvalue weighted by atomic mass is 10.0. The van der Waals surface area contributed by atoms with Gasteiger partial charge in [-0.1, -0.05) is 0 Å². The summed E-state index contributed by atoms with van der Waals surface area (Å²) in [6, 6.07) is 5.11. The Morgan fingerprint density at radius 1 is 1.32 bits per heavy atom. The van der Waals surface area contributed by atoms with E-state index in [2.05, 4.69) is 15.0 Å². The summed E-state index contributed by atoms with van der Waals surface area (Å²) in [5.41, 5.74) is 2.89. The number of thiazole rings is 1. The maximum atomic E-state index is 10.3. The van der Waals surface area contributed by atoms with E-state index < -0.39 is 0 Å². The highest BCUT2D eigenvalue weighted by atomic mass is 32.1. The molecule has 0 spiro atoms. The molecule has 0 unspecified atom stereocenters. The fourth-order valence-electron chi connectivity index (χ4n) is 2.14. The van der Waals surface area contributed by atoms with Crippen LogP contribution in [0.5, 0.6) is 11.5 Å². The molecule has 2 heterocycles. The van der Waals surface area contributed by atoms with Gasteiger partial charge in [-0.15, -0.1) is 11.3 Å². The molecule has 0 aliphatic rings. The summed E-state index contributed by atoms with van der Waals surface area (Å²) in [5, 5.41) is 13.2. The van der Waals surface area contributed by atoms with E-state index in [0.717, 1.165) is 16.3 Å². The number of methoxy groups -OCH3 is 1. The molecular weight excluding hydrogens is 318 g/mol. The van der Waals surface area contributed by atoms with Gasteiger partial charge in [-0.05, 0) is 31.3 Å². The molecule has 7 heteroatoms. The van der Waals surface area contributed by atoms with E-state index in [1.165, 1.54) is 0 Å². The second kappa shape index (κ2) is 5.86. The number of hydrogen-bond acceptors (Lipinski definition) is 6. The summed E-state index contributed by atoms with van der Waals surface area (Å²) in [6.45, 7) is 1.94. The molecule has 0 atom stereocenters. The SMILES string of the molecule is COc1ccc(-c2[nH]c(=S)ncc2-c2csc(C)n2)c(O)c1. The molecule has 3 aromatic rings. The number of aromatic hydroxyl groups is 1. The number of hydrogen-bond donors (Lipinski definition) is 2. The van der Waals surface area contributed by atoms with Gasteiger partial charge in [0.1, 0.15) is 11.5 Å². The molecular formula is C15H13N3O2S2. The van der Waals surface area contributed by atoms with Gasteiger partial charge < -0.3 is 14.8 Å². The smallest absolute Gasteiger partial charge is 0.197 e. The van der Waals surface area contributed by atoms with Crippen molar-refractivity contribution in [2.45, 2.75) is 6.92 Å². The van der Waals surface area contributed by atoms with Crippen LogP contribution in [0.2, 0.25) is 0 Å². The maximum Gasteiger partial charge on any atom is 0.197 e. The first-order chi connectivity index (χ1) is 10.6. The van der Waals surface area contributed by atoms with Crippen molar-refractivity contribution < 1.29 is 9.84 Å². The molecule has 22 heavy (non-hydrogen) atoms. The van der Waals surface area contributed by atoms with Crippen LogP contribution in [0.4, 0.5) is 0 Å². The second-order valence-electron chi connectivity index (χ2n) is 4.61. The number of benzene rings is 1. The van der Waals surface area contributed by atoms with Crippen molar-refractivity contribution in [3.05, 3.63) is 39.6 Å². The van der Waals surface area contributed by atoms with E-state index in [0.29, 0.717) is 21.8 Å². The van der Waals surface area contributed by atoms with Gasteiger partial charge in [-0.2, -0.15) is 0 Å². The van der Waals surface area contributed by atoms with Crippen LogP contribution < -0.4 is 4.74 Å². The van der Waals surface area contributed by atoms with Gasteiger partial charge in [0.2, 0.25) is 0 Å². The zero-order valence-corrected chi connectivity index (χ0v) is 13.6. The summed E-state index contributed by atoms with van der Waals surface area (Å²) in [7, 11) is 1.55. The molecule has 3 rings (SSSR count). The van der Waals surface area contributed by atoms with Crippen LogP contribution in [0.25, 0.3) is 22.5 Å². The number of nitrogens with zero attached hydrogens (tertiary/aromatic N) is 2. The molecule has 1 aromatic carbocycles. The van der Waals surface area contributed by atoms with Crippen molar-refractivity contribution >= 4 is 23.6 Å². The second-order valence-corrected chi connectivity index (χ2v) is 6.06. The predicted molar refractivity (Wildman–Crippen MR) is 88.9 cm³/mol. The van der Waals surface area contributed by atoms with Gasteiger partial charge in [0.05, 0.1) is 23.5 Å². The van der Waals surface area contributed by atoms with E-state index in [-0.39, 0.29) is 5.75 Å². The van der Waals surface area contributed by atoms with Crippen LogP contribution in [0.15, 0.2) is 29.8 Å². The lowest BCUT2D eigenvalue weighted by Gasteiger charge is -2.10. The minimum Gasteiger partial charge on any atom is -0.507 e. The summed E-state index contributed by atoms with van der Waals surface area (Å²) in [6.07, 6.45) is 1.67. The summed E-state index contributed by atoms with van der Waals surface area (Å²) in [4.78, 5) is 11.7. The van der Waals surface area contributed by atoms with Gasteiger partial charge in [0, 0.05) is 28.8 Å². The Morgan fingerprint density at radius 3 is 2.77 bits per heavy atom.